The monoisotopic (exact) mass is 295 g/mol. The lowest BCUT2D eigenvalue weighted by atomic mass is 9.71. The van der Waals surface area contributed by atoms with E-state index in [2.05, 4.69) is 29.2 Å². The maximum Gasteiger partial charge on any atom is 0.309 e. The minimum absolute atomic E-state index is 0.0289. The summed E-state index contributed by atoms with van der Waals surface area (Å²) in [6.45, 7) is 4.49. The summed E-state index contributed by atoms with van der Waals surface area (Å²) in [5, 5.41) is 9.59. The van der Waals surface area contributed by atoms with Crippen LogP contribution in [0.25, 0.3) is 0 Å². The molecule has 0 saturated carbocycles. The minimum Gasteiger partial charge on any atom is -0.481 e. The summed E-state index contributed by atoms with van der Waals surface area (Å²) in [4.78, 5) is 13.9. The van der Waals surface area contributed by atoms with E-state index >= 15 is 0 Å². The maximum atomic E-state index is 11.7. The number of carbonyl (C=O) groups is 1. The lowest BCUT2D eigenvalue weighted by Crippen LogP contribution is -2.37. The van der Waals surface area contributed by atoms with Gasteiger partial charge in [0.05, 0.1) is 5.41 Å². The van der Waals surface area contributed by atoms with Crippen LogP contribution in [-0.2, 0) is 4.79 Å². The number of anilines is 2. The van der Waals surface area contributed by atoms with Crippen LogP contribution in [0.2, 0.25) is 0 Å². The van der Waals surface area contributed by atoms with Crippen molar-refractivity contribution in [1.82, 2.24) is 0 Å². The number of hydrogen-bond donors (Lipinski definition) is 1. The highest BCUT2D eigenvalue weighted by atomic mass is 16.4. The van der Waals surface area contributed by atoms with E-state index in [-0.39, 0.29) is 5.92 Å². The molecule has 1 unspecified atom stereocenters. The third-order valence-electron chi connectivity index (χ3n) is 4.73. The lowest BCUT2D eigenvalue weighted by Gasteiger charge is -2.40. The van der Waals surface area contributed by atoms with Gasteiger partial charge in [-0.3, -0.25) is 4.79 Å². The fourth-order valence-corrected chi connectivity index (χ4v) is 3.34. The van der Waals surface area contributed by atoms with Gasteiger partial charge in [0.2, 0.25) is 0 Å². The first-order chi connectivity index (χ1) is 10.5. The van der Waals surface area contributed by atoms with Crippen LogP contribution in [0.3, 0.4) is 0 Å². The maximum absolute atomic E-state index is 11.7. The Morgan fingerprint density at radius 3 is 2.41 bits per heavy atom. The molecule has 0 fully saturated rings. The second-order valence-electron chi connectivity index (χ2n) is 6.41. The molecule has 1 N–H and O–H groups in total. The van der Waals surface area contributed by atoms with E-state index in [1.165, 1.54) is 0 Å². The molecule has 3 nitrogen and oxygen atoms in total. The van der Waals surface area contributed by atoms with Gasteiger partial charge < -0.3 is 10.0 Å². The first kappa shape index (κ1) is 14.6. The van der Waals surface area contributed by atoms with Gasteiger partial charge in [0.15, 0.2) is 0 Å². The molecule has 1 atom stereocenters. The molecule has 114 valence electrons. The Bertz CT molecular complexity index is 679. The third kappa shape index (κ3) is 2.37. The Morgan fingerprint density at radius 2 is 1.73 bits per heavy atom. The number of benzene rings is 2. The molecule has 2 aromatic rings. The molecule has 0 bridgehead atoms. The highest BCUT2D eigenvalue weighted by molar-refractivity contribution is 5.77. The topological polar surface area (TPSA) is 40.5 Å². The molecule has 0 aliphatic carbocycles. The van der Waals surface area contributed by atoms with Crippen LogP contribution in [-0.4, -0.2) is 17.6 Å². The van der Waals surface area contributed by atoms with Crippen molar-refractivity contribution in [2.24, 2.45) is 5.41 Å². The summed E-state index contributed by atoms with van der Waals surface area (Å²) in [6.07, 6.45) is 0.838. The van der Waals surface area contributed by atoms with Crippen molar-refractivity contribution in [3.05, 3.63) is 60.2 Å². The normalized spacial score (nSPS) is 17.9. The third-order valence-corrected chi connectivity index (χ3v) is 4.73. The largest absolute Gasteiger partial charge is 0.481 e. The molecule has 3 rings (SSSR count). The summed E-state index contributed by atoms with van der Waals surface area (Å²) in [7, 11) is 0. The van der Waals surface area contributed by atoms with Gasteiger partial charge in [-0.2, -0.15) is 0 Å². The van der Waals surface area contributed by atoms with Crippen LogP contribution >= 0.6 is 0 Å². The van der Waals surface area contributed by atoms with Crippen LogP contribution in [0.4, 0.5) is 11.4 Å². The van der Waals surface area contributed by atoms with E-state index in [1.807, 2.05) is 44.2 Å². The van der Waals surface area contributed by atoms with Crippen LogP contribution in [0.1, 0.15) is 31.7 Å². The van der Waals surface area contributed by atoms with Crippen molar-refractivity contribution in [1.29, 1.82) is 0 Å². The summed E-state index contributed by atoms with van der Waals surface area (Å²) >= 11 is 0. The van der Waals surface area contributed by atoms with Crippen molar-refractivity contribution in [2.75, 3.05) is 11.4 Å². The Balaban J connectivity index is 2.06. The van der Waals surface area contributed by atoms with Gasteiger partial charge in [-0.25, -0.2) is 0 Å². The molecule has 3 heteroatoms. The van der Waals surface area contributed by atoms with Crippen molar-refractivity contribution < 1.29 is 9.90 Å². The molecule has 0 aromatic heterocycles. The van der Waals surface area contributed by atoms with Gasteiger partial charge >= 0.3 is 5.97 Å². The van der Waals surface area contributed by atoms with E-state index in [9.17, 15) is 9.90 Å². The highest BCUT2D eigenvalue weighted by Crippen LogP contribution is 2.47. The van der Waals surface area contributed by atoms with Crippen LogP contribution in [0, 0.1) is 5.41 Å². The van der Waals surface area contributed by atoms with E-state index in [0.717, 1.165) is 29.9 Å². The average Bonchev–Trinajstić information content (AvgIpc) is 2.54. The van der Waals surface area contributed by atoms with Crippen molar-refractivity contribution in [2.45, 2.75) is 26.2 Å². The number of carboxylic acid groups (broad SMARTS) is 1. The molecular weight excluding hydrogens is 274 g/mol. The summed E-state index contributed by atoms with van der Waals surface area (Å²) in [5.41, 5.74) is 2.64. The molecule has 1 aliphatic heterocycles. The van der Waals surface area contributed by atoms with Gasteiger partial charge in [0, 0.05) is 23.8 Å². The Morgan fingerprint density at radius 1 is 1.09 bits per heavy atom. The SMILES string of the molecule is CC(C)(C(=O)O)C1CCN(c2ccccc2)c2ccccc21. The standard InChI is InChI=1S/C19H21NO2/c1-19(2,18(21)22)16-12-13-20(14-8-4-3-5-9-14)17-11-7-6-10-15(16)17/h3-11,16H,12-13H2,1-2H3,(H,21,22). The quantitative estimate of drug-likeness (QED) is 0.911. The van der Waals surface area contributed by atoms with Gasteiger partial charge in [-0.1, -0.05) is 36.4 Å². The molecule has 1 aliphatic rings. The predicted octanol–water partition coefficient (Wildman–Crippen LogP) is 4.42. The number of carboxylic acids is 1. The van der Waals surface area contributed by atoms with E-state index in [0.29, 0.717) is 0 Å². The van der Waals surface area contributed by atoms with Gasteiger partial charge in [0.25, 0.3) is 0 Å². The minimum atomic E-state index is -0.765. The second kappa shape index (κ2) is 5.48. The zero-order valence-corrected chi connectivity index (χ0v) is 13.0. The fraction of sp³-hybridized carbons (Fsp3) is 0.316. The number of fused-ring (bicyclic) bond motifs is 1. The fourth-order valence-electron chi connectivity index (χ4n) is 3.34. The zero-order valence-electron chi connectivity index (χ0n) is 13.0. The summed E-state index contributed by atoms with van der Waals surface area (Å²) < 4.78 is 0. The molecule has 0 amide bonds. The van der Waals surface area contributed by atoms with Crippen molar-refractivity contribution >= 4 is 17.3 Å². The summed E-state index contributed by atoms with van der Waals surface area (Å²) in [6, 6.07) is 18.4. The number of rotatable bonds is 3. The summed E-state index contributed by atoms with van der Waals surface area (Å²) in [5.74, 6) is -0.707. The Kier molecular flexibility index (Phi) is 3.65. The van der Waals surface area contributed by atoms with E-state index < -0.39 is 11.4 Å². The van der Waals surface area contributed by atoms with Crippen LogP contribution in [0.15, 0.2) is 54.6 Å². The molecule has 0 spiro atoms. The second-order valence-corrected chi connectivity index (χ2v) is 6.41. The molecule has 22 heavy (non-hydrogen) atoms. The molecule has 2 aromatic carbocycles. The lowest BCUT2D eigenvalue weighted by molar-refractivity contribution is -0.148. The molecule has 0 saturated heterocycles. The van der Waals surface area contributed by atoms with Crippen molar-refractivity contribution in [3.63, 3.8) is 0 Å². The molecular formula is C19H21NO2. The number of aliphatic carboxylic acids is 1. The van der Waals surface area contributed by atoms with E-state index in [4.69, 9.17) is 0 Å². The van der Waals surface area contributed by atoms with Gasteiger partial charge in [-0.05, 0) is 44.0 Å². The smallest absolute Gasteiger partial charge is 0.309 e. The Labute approximate surface area is 131 Å². The average molecular weight is 295 g/mol. The van der Waals surface area contributed by atoms with Crippen molar-refractivity contribution in [3.8, 4) is 0 Å². The predicted molar refractivity (Wildman–Crippen MR) is 88.7 cm³/mol. The number of hydrogen-bond acceptors (Lipinski definition) is 2. The van der Waals surface area contributed by atoms with Crippen LogP contribution < -0.4 is 4.90 Å². The molecule has 0 radical (unpaired) electrons. The van der Waals surface area contributed by atoms with Gasteiger partial charge in [-0.15, -0.1) is 0 Å². The first-order valence-electron chi connectivity index (χ1n) is 7.66. The number of para-hydroxylation sites is 2. The molecule has 1 heterocycles. The highest BCUT2D eigenvalue weighted by Gasteiger charge is 2.41. The Hall–Kier alpha value is -2.29. The number of nitrogens with zero attached hydrogens (tertiary/aromatic N) is 1. The van der Waals surface area contributed by atoms with E-state index in [1.54, 1.807) is 0 Å². The zero-order chi connectivity index (χ0) is 15.7. The van der Waals surface area contributed by atoms with Crippen LogP contribution in [0.5, 0.6) is 0 Å². The first-order valence-corrected chi connectivity index (χ1v) is 7.66. The van der Waals surface area contributed by atoms with Gasteiger partial charge in [0.1, 0.15) is 0 Å².